The van der Waals surface area contributed by atoms with Crippen LogP contribution >= 0.6 is 0 Å². The SMILES string of the molecule is CCN1CC=CC1=Cc1[se]c2ccccc2[n+]1CCCS(=O)(=O)[O-]. The average Bonchev–Trinajstić information content (AvgIpc) is 3.11. The molecule has 0 amide bonds. The minimum absolute atomic E-state index is 0.190. The van der Waals surface area contributed by atoms with E-state index in [-0.39, 0.29) is 20.3 Å². The fourth-order valence-corrected chi connectivity index (χ4v) is 5.74. The Morgan fingerprint density at radius 1 is 1.38 bits per heavy atom. The Bertz CT molecular complexity index is 900. The van der Waals surface area contributed by atoms with Gasteiger partial charge in [-0.05, 0) is 0 Å². The molecule has 0 saturated carbocycles. The van der Waals surface area contributed by atoms with Gasteiger partial charge in [-0.25, -0.2) is 0 Å². The van der Waals surface area contributed by atoms with Crippen LogP contribution in [0.25, 0.3) is 15.9 Å². The normalized spacial score (nSPS) is 16.6. The fraction of sp³-hybridized carbons (Fsp3) is 0.353. The summed E-state index contributed by atoms with van der Waals surface area (Å²) in [7, 11) is -4.16. The number of nitrogens with zero attached hydrogens (tertiary/aromatic N) is 2. The molecule has 0 bridgehead atoms. The van der Waals surface area contributed by atoms with Gasteiger partial charge in [-0.2, -0.15) is 0 Å². The van der Waals surface area contributed by atoms with E-state index in [9.17, 15) is 13.0 Å². The van der Waals surface area contributed by atoms with E-state index in [2.05, 4.69) is 46.8 Å². The number of benzene rings is 1. The van der Waals surface area contributed by atoms with Crippen molar-refractivity contribution in [3.63, 3.8) is 0 Å². The monoisotopic (exact) mass is 412 g/mol. The summed E-state index contributed by atoms with van der Waals surface area (Å²) in [4.78, 5) is 2.30. The third-order valence-corrected chi connectivity index (χ3v) is 7.17. The van der Waals surface area contributed by atoms with Crippen LogP contribution in [0.3, 0.4) is 0 Å². The molecule has 0 aliphatic carbocycles. The Hall–Kier alpha value is -1.40. The second kappa shape index (κ2) is 7.23. The Morgan fingerprint density at radius 2 is 2.17 bits per heavy atom. The molecule has 2 aromatic rings. The Balaban J connectivity index is 1.96. The standard InChI is InChI=1S/C17H20N2O3SSe/c1-2-18-10-5-7-14(18)13-17-19(11-6-12-23(20,21)22)15-8-3-4-9-16(15)24-17/h3-5,7-9,13H,2,6,10-12H2,1H3. The number of para-hydroxylation sites is 1. The topological polar surface area (TPSA) is 64.3 Å². The second-order valence-corrected chi connectivity index (χ2v) is 9.44. The van der Waals surface area contributed by atoms with E-state index in [4.69, 9.17) is 0 Å². The summed E-state index contributed by atoms with van der Waals surface area (Å²) in [6.45, 7) is 4.58. The van der Waals surface area contributed by atoms with Crippen molar-refractivity contribution in [2.45, 2.75) is 19.9 Å². The number of likely N-dealkylation sites (N-methyl/N-ethyl adjacent to an activating group) is 1. The summed E-state index contributed by atoms with van der Waals surface area (Å²) in [5.74, 6) is -0.316. The van der Waals surface area contributed by atoms with Crippen LogP contribution < -0.4 is 4.57 Å². The van der Waals surface area contributed by atoms with E-state index < -0.39 is 10.1 Å². The summed E-state index contributed by atoms with van der Waals surface area (Å²) < 4.78 is 37.4. The predicted molar refractivity (Wildman–Crippen MR) is 94.6 cm³/mol. The summed E-state index contributed by atoms with van der Waals surface area (Å²) in [5.41, 5.74) is 2.33. The second-order valence-electron chi connectivity index (χ2n) is 5.69. The van der Waals surface area contributed by atoms with Crippen molar-refractivity contribution in [2.24, 2.45) is 0 Å². The van der Waals surface area contributed by atoms with Crippen molar-refractivity contribution in [1.29, 1.82) is 0 Å². The van der Waals surface area contributed by atoms with Crippen molar-refractivity contribution in [3.8, 4) is 0 Å². The van der Waals surface area contributed by atoms with Crippen LogP contribution in [-0.2, 0) is 16.7 Å². The summed E-state index contributed by atoms with van der Waals surface area (Å²) >= 11 is 0.190. The molecule has 0 fully saturated rings. The molecule has 7 heteroatoms. The molecule has 5 nitrogen and oxygen atoms in total. The summed E-state index contributed by atoms with van der Waals surface area (Å²) in [5, 5.41) is 0. The number of hydrogen-bond acceptors (Lipinski definition) is 4. The van der Waals surface area contributed by atoms with Crippen molar-refractivity contribution < 1.29 is 17.5 Å². The van der Waals surface area contributed by atoms with E-state index >= 15 is 0 Å². The van der Waals surface area contributed by atoms with Crippen LogP contribution in [0.4, 0.5) is 0 Å². The fourth-order valence-electron chi connectivity index (χ4n) is 2.88. The van der Waals surface area contributed by atoms with E-state index in [0.717, 1.165) is 18.6 Å². The molecule has 0 radical (unpaired) electrons. The van der Waals surface area contributed by atoms with Crippen molar-refractivity contribution in [2.75, 3.05) is 18.8 Å². The van der Waals surface area contributed by atoms with Crippen molar-refractivity contribution in [1.82, 2.24) is 4.90 Å². The molecule has 2 heterocycles. The molecular formula is C17H20N2O3SSe. The van der Waals surface area contributed by atoms with Gasteiger partial charge in [0.15, 0.2) is 0 Å². The molecule has 0 N–H and O–H groups in total. The van der Waals surface area contributed by atoms with Crippen molar-refractivity contribution in [3.05, 3.63) is 46.7 Å². The van der Waals surface area contributed by atoms with Gasteiger partial charge in [-0.15, -0.1) is 0 Å². The zero-order valence-electron chi connectivity index (χ0n) is 13.5. The molecule has 0 spiro atoms. The maximum atomic E-state index is 10.9. The number of aryl methyl sites for hydroxylation is 1. The molecule has 128 valence electrons. The van der Waals surface area contributed by atoms with Crippen LogP contribution in [-0.4, -0.2) is 51.2 Å². The summed E-state index contributed by atoms with van der Waals surface area (Å²) in [6, 6.07) is 8.22. The van der Waals surface area contributed by atoms with E-state index in [0.29, 0.717) is 13.0 Å². The van der Waals surface area contributed by atoms with Crippen LogP contribution in [0.5, 0.6) is 0 Å². The van der Waals surface area contributed by atoms with Gasteiger partial charge in [0.1, 0.15) is 0 Å². The zero-order chi connectivity index (χ0) is 17.2. The average molecular weight is 411 g/mol. The van der Waals surface area contributed by atoms with E-state index in [1.807, 2.05) is 12.1 Å². The van der Waals surface area contributed by atoms with Crippen molar-refractivity contribution >= 4 is 40.5 Å². The predicted octanol–water partition coefficient (Wildman–Crippen LogP) is 1.35. The van der Waals surface area contributed by atoms with Gasteiger partial charge in [0, 0.05) is 0 Å². The minimum atomic E-state index is -4.16. The van der Waals surface area contributed by atoms with Crippen LogP contribution in [0, 0.1) is 0 Å². The first kappa shape index (κ1) is 17.4. The number of hydrogen-bond donors (Lipinski definition) is 0. The molecule has 0 atom stereocenters. The first-order chi connectivity index (χ1) is 11.5. The Kier molecular flexibility index (Phi) is 5.25. The molecule has 0 unspecified atom stereocenters. The quantitative estimate of drug-likeness (QED) is 0.409. The molecule has 1 aliphatic heterocycles. The van der Waals surface area contributed by atoms with Gasteiger partial charge in [-0.3, -0.25) is 0 Å². The molecule has 1 aliphatic rings. The Labute approximate surface area is 148 Å². The molecule has 3 rings (SSSR count). The van der Waals surface area contributed by atoms with Gasteiger partial charge in [0.25, 0.3) is 0 Å². The third kappa shape index (κ3) is 3.98. The molecule has 1 aromatic carbocycles. The number of aromatic nitrogens is 1. The van der Waals surface area contributed by atoms with E-state index in [1.54, 1.807) is 0 Å². The first-order valence-corrected chi connectivity index (χ1v) is 11.2. The molecule has 1 aromatic heterocycles. The van der Waals surface area contributed by atoms with E-state index in [1.165, 1.54) is 14.5 Å². The van der Waals surface area contributed by atoms with Crippen LogP contribution in [0.1, 0.15) is 17.9 Å². The molecule has 0 saturated heterocycles. The maximum absolute atomic E-state index is 10.9. The van der Waals surface area contributed by atoms with Crippen LogP contribution in [0.2, 0.25) is 0 Å². The number of fused-ring (bicyclic) bond motifs is 1. The third-order valence-electron chi connectivity index (χ3n) is 4.05. The molecule has 24 heavy (non-hydrogen) atoms. The van der Waals surface area contributed by atoms with Gasteiger partial charge in [0.2, 0.25) is 0 Å². The van der Waals surface area contributed by atoms with Gasteiger partial charge < -0.3 is 0 Å². The first-order valence-electron chi connectivity index (χ1n) is 7.96. The van der Waals surface area contributed by atoms with Crippen LogP contribution in [0.15, 0.2) is 42.1 Å². The number of allylic oxidation sites excluding steroid dienone is 1. The zero-order valence-corrected chi connectivity index (χ0v) is 16.0. The summed E-state index contributed by atoms with van der Waals surface area (Å²) in [6.07, 6.45) is 6.84. The molecular weight excluding hydrogens is 391 g/mol. The van der Waals surface area contributed by atoms with Gasteiger partial charge in [-0.1, -0.05) is 0 Å². The number of rotatable bonds is 6. The van der Waals surface area contributed by atoms with Gasteiger partial charge >= 0.3 is 148 Å². The van der Waals surface area contributed by atoms with Gasteiger partial charge in [0.05, 0.1) is 0 Å². The Morgan fingerprint density at radius 3 is 2.92 bits per heavy atom.